The highest BCUT2D eigenvalue weighted by Crippen LogP contribution is 2.12. The van der Waals surface area contributed by atoms with E-state index in [1.165, 1.54) is 0 Å². The third-order valence-electron chi connectivity index (χ3n) is 1.74. The van der Waals surface area contributed by atoms with Gasteiger partial charge in [0.25, 0.3) is 0 Å². The standard InChI is InChI=1S/C11H15NO2/c1-3-4-5-14-11-7-10(8-13)6-9(2)12-11/h3,6-7,13H,1,4-5,8H2,2H3. The quantitative estimate of drug-likeness (QED) is 0.573. The van der Waals surface area contributed by atoms with Crippen molar-refractivity contribution >= 4 is 0 Å². The summed E-state index contributed by atoms with van der Waals surface area (Å²) in [5, 5.41) is 8.96. The van der Waals surface area contributed by atoms with Crippen molar-refractivity contribution in [1.82, 2.24) is 4.98 Å². The molecule has 1 aromatic heterocycles. The van der Waals surface area contributed by atoms with Gasteiger partial charge in [0.15, 0.2) is 0 Å². The molecule has 0 aliphatic rings. The van der Waals surface area contributed by atoms with Gasteiger partial charge in [-0.1, -0.05) is 6.08 Å². The number of nitrogens with zero attached hydrogens (tertiary/aromatic N) is 1. The zero-order valence-electron chi connectivity index (χ0n) is 8.36. The number of hydrogen-bond acceptors (Lipinski definition) is 3. The highest BCUT2D eigenvalue weighted by Gasteiger charge is 1.99. The molecule has 0 atom stereocenters. The van der Waals surface area contributed by atoms with Crippen LogP contribution in [-0.2, 0) is 6.61 Å². The fourth-order valence-corrected chi connectivity index (χ4v) is 1.12. The van der Waals surface area contributed by atoms with Crippen LogP contribution in [0.2, 0.25) is 0 Å². The van der Waals surface area contributed by atoms with E-state index in [2.05, 4.69) is 11.6 Å². The Kier molecular flexibility index (Phi) is 4.13. The summed E-state index contributed by atoms with van der Waals surface area (Å²) < 4.78 is 5.38. The molecule has 0 spiro atoms. The minimum absolute atomic E-state index is 0.0151. The average molecular weight is 193 g/mol. The van der Waals surface area contributed by atoms with Crippen molar-refractivity contribution in [2.75, 3.05) is 6.61 Å². The van der Waals surface area contributed by atoms with Gasteiger partial charge in [0, 0.05) is 11.8 Å². The molecule has 0 bridgehead atoms. The number of aromatic nitrogens is 1. The Hall–Kier alpha value is -1.35. The van der Waals surface area contributed by atoms with E-state index in [-0.39, 0.29) is 6.61 Å². The number of aliphatic hydroxyl groups excluding tert-OH is 1. The van der Waals surface area contributed by atoms with Crippen molar-refractivity contribution in [1.29, 1.82) is 0 Å². The second kappa shape index (κ2) is 5.40. The number of aryl methyl sites for hydroxylation is 1. The maximum atomic E-state index is 8.96. The van der Waals surface area contributed by atoms with Crippen LogP contribution in [0.1, 0.15) is 17.7 Å². The molecule has 0 saturated heterocycles. The largest absolute Gasteiger partial charge is 0.477 e. The summed E-state index contributed by atoms with van der Waals surface area (Å²) in [5.74, 6) is 0.566. The van der Waals surface area contributed by atoms with Crippen LogP contribution in [0, 0.1) is 6.92 Å². The van der Waals surface area contributed by atoms with E-state index < -0.39 is 0 Å². The van der Waals surface area contributed by atoms with Gasteiger partial charge in [-0.25, -0.2) is 4.98 Å². The molecule has 76 valence electrons. The monoisotopic (exact) mass is 193 g/mol. The summed E-state index contributed by atoms with van der Waals surface area (Å²) in [7, 11) is 0. The molecule has 0 aliphatic carbocycles. The Bertz CT molecular complexity index is 310. The number of rotatable bonds is 5. The van der Waals surface area contributed by atoms with Gasteiger partial charge >= 0.3 is 0 Å². The first-order valence-electron chi connectivity index (χ1n) is 4.58. The second-order valence-corrected chi connectivity index (χ2v) is 3.04. The molecule has 0 radical (unpaired) electrons. The zero-order valence-corrected chi connectivity index (χ0v) is 8.36. The smallest absolute Gasteiger partial charge is 0.213 e. The van der Waals surface area contributed by atoms with Crippen molar-refractivity contribution in [3.05, 3.63) is 36.0 Å². The lowest BCUT2D eigenvalue weighted by molar-refractivity contribution is 0.277. The van der Waals surface area contributed by atoms with Crippen LogP contribution in [0.3, 0.4) is 0 Å². The maximum absolute atomic E-state index is 8.96. The summed E-state index contributed by atoms with van der Waals surface area (Å²) in [6.07, 6.45) is 2.59. The highest BCUT2D eigenvalue weighted by atomic mass is 16.5. The van der Waals surface area contributed by atoms with Crippen LogP contribution in [0.15, 0.2) is 24.8 Å². The molecular weight excluding hydrogens is 178 g/mol. The second-order valence-electron chi connectivity index (χ2n) is 3.04. The lowest BCUT2D eigenvalue weighted by atomic mass is 10.2. The van der Waals surface area contributed by atoms with E-state index in [0.717, 1.165) is 17.7 Å². The van der Waals surface area contributed by atoms with Crippen molar-refractivity contribution in [2.45, 2.75) is 20.0 Å². The maximum Gasteiger partial charge on any atom is 0.213 e. The summed E-state index contributed by atoms with van der Waals surface area (Å²) in [4.78, 5) is 4.19. The predicted octanol–water partition coefficient (Wildman–Crippen LogP) is 1.84. The van der Waals surface area contributed by atoms with Gasteiger partial charge in [0.05, 0.1) is 13.2 Å². The van der Waals surface area contributed by atoms with E-state index in [9.17, 15) is 0 Å². The van der Waals surface area contributed by atoms with Gasteiger partial charge in [-0.05, 0) is 25.0 Å². The Morgan fingerprint density at radius 1 is 1.57 bits per heavy atom. The summed E-state index contributed by atoms with van der Waals surface area (Å²) in [6.45, 7) is 6.07. The van der Waals surface area contributed by atoms with E-state index >= 15 is 0 Å². The number of aliphatic hydroxyl groups is 1. The van der Waals surface area contributed by atoms with E-state index in [1.54, 1.807) is 12.1 Å². The number of ether oxygens (including phenoxy) is 1. The molecule has 0 unspecified atom stereocenters. The molecule has 1 aromatic rings. The molecule has 14 heavy (non-hydrogen) atoms. The van der Waals surface area contributed by atoms with E-state index in [1.807, 2.05) is 13.0 Å². The number of hydrogen-bond donors (Lipinski definition) is 1. The lowest BCUT2D eigenvalue weighted by Gasteiger charge is -2.06. The first kappa shape index (κ1) is 10.7. The Morgan fingerprint density at radius 2 is 2.36 bits per heavy atom. The molecule has 0 saturated carbocycles. The normalized spacial score (nSPS) is 9.86. The molecule has 3 heteroatoms. The highest BCUT2D eigenvalue weighted by molar-refractivity contribution is 5.23. The third-order valence-corrected chi connectivity index (χ3v) is 1.74. The topological polar surface area (TPSA) is 42.4 Å². The van der Waals surface area contributed by atoms with Gasteiger partial charge in [-0.3, -0.25) is 0 Å². The fraction of sp³-hybridized carbons (Fsp3) is 0.364. The predicted molar refractivity (Wildman–Crippen MR) is 55.2 cm³/mol. The van der Waals surface area contributed by atoms with E-state index in [4.69, 9.17) is 9.84 Å². The van der Waals surface area contributed by atoms with Gasteiger partial charge in [0.2, 0.25) is 5.88 Å². The molecule has 1 N–H and O–H groups in total. The zero-order chi connectivity index (χ0) is 10.4. The van der Waals surface area contributed by atoms with Gasteiger partial charge in [-0.15, -0.1) is 6.58 Å². The molecule has 3 nitrogen and oxygen atoms in total. The molecule has 1 rings (SSSR count). The molecule has 1 heterocycles. The van der Waals surface area contributed by atoms with Gasteiger partial charge in [0.1, 0.15) is 0 Å². The molecule has 0 amide bonds. The van der Waals surface area contributed by atoms with Crippen LogP contribution in [-0.4, -0.2) is 16.7 Å². The molecule has 0 fully saturated rings. The van der Waals surface area contributed by atoms with Crippen LogP contribution < -0.4 is 4.74 Å². The van der Waals surface area contributed by atoms with Crippen LogP contribution in [0.5, 0.6) is 5.88 Å². The fourth-order valence-electron chi connectivity index (χ4n) is 1.12. The first-order valence-corrected chi connectivity index (χ1v) is 4.58. The van der Waals surface area contributed by atoms with Gasteiger partial charge < -0.3 is 9.84 Å². The summed E-state index contributed by atoms with van der Waals surface area (Å²) >= 11 is 0. The average Bonchev–Trinajstić information content (AvgIpc) is 2.17. The lowest BCUT2D eigenvalue weighted by Crippen LogP contribution is -2.00. The Balaban J connectivity index is 2.66. The molecule has 0 aromatic carbocycles. The van der Waals surface area contributed by atoms with Crippen LogP contribution in [0.4, 0.5) is 0 Å². The summed E-state index contributed by atoms with van der Waals surface area (Å²) in [5.41, 5.74) is 1.68. The number of pyridine rings is 1. The van der Waals surface area contributed by atoms with Crippen LogP contribution >= 0.6 is 0 Å². The van der Waals surface area contributed by atoms with Crippen molar-refractivity contribution in [2.24, 2.45) is 0 Å². The van der Waals surface area contributed by atoms with Crippen LogP contribution in [0.25, 0.3) is 0 Å². The molecular formula is C11H15NO2. The first-order chi connectivity index (χ1) is 6.76. The summed E-state index contributed by atoms with van der Waals surface area (Å²) in [6, 6.07) is 3.58. The minimum atomic E-state index is 0.0151. The minimum Gasteiger partial charge on any atom is -0.477 e. The SMILES string of the molecule is C=CCCOc1cc(CO)cc(C)n1. The van der Waals surface area contributed by atoms with Crippen molar-refractivity contribution in [3.63, 3.8) is 0 Å². The van der Waals surface area contributed by atoms with Crippen molar-refractivity contribution < 1.29 is 9.84 Å². The Morgan fingerprint density at radius 3 is 3.00 bits per heavy atom. The van der Waals surface area contributed by atoms with Crippen molar-refractivity contribution in [3.8, 4) is 5.88 Å². The Labute approximate surface area is 84.1 Å². The molecule has 0 aliphatic heterocycles. The van der Waals surface area contributed by atoms with E-state index in [0.29, 0.717) is 12.5 Å². The van der Waals surface area contributed by atoms with Gasteiger partial charge in [-0.2, -0.15) is 0 Å². The third kappa shape index (κ3) is 3.18.